The van der Waals surface area contributed by atoms with Crippen LogP contribution >= 0.6 is 0 Å². The lowest BCUT2D eigenvalue weighted by molar-refractivity contribution is 0.222. The van der Waals surface area contributed by atoms with Gasteiger partial charge in [-0.3, -0.25) is 0 Å². The molecule has 2 aromatic heterocycles. The van der Waals surface area contributed by atoms with E-state index in [0.29, 0.717) is 10.8 Å². The monoisotopic (exact) mass is 799 g/mol. The van der Waals surface area contributed by atoms with E-state index in [4.69, 9.17) is 8.83 Å². The second-order valence-electron chi connectivity index (χ2n) is 19.0. The van der Waals surface area contributed by atoms with Gasteiger partial charge in [0.25, 0.3) is 0 Å². The Labute approximate surface area is 346 Å². The number of furan rings is 2. The van der Waals surface area contributed by atoms with Crippen LogP contribution in [0.3, 0.4) is 0 Å². The first-order chi connectivity index (χ1) is 26.2. The fourth-order valence-electron chi connectivity index (χ4n) is 6.59. The summed E-state index contributed by atoms with van der Waals surface area (Å²) >= 11 is 0. The number of hydrogen-bond donors (Lipinski definition) is 0. The predicted molar refractivity (Wildman–Crippen MR) is 260 cm³/mol. The van der Waals surface area contributed by atoms with Gasteiger partial charge in [0.1, 0.15) is 22.3 Å². The van der Waals surface area contributed by atoms with Crippen LogP contribution in [0.2, 0.25) is 39.3 Å². The summed E-state index contributed by atoms with van der Waals surface area (Å²) < 4.78 is 11.3. The van der Waals surface area contributed by atoms with Crippen LogP contribution in [0.5, 0.6) is 0 Å². The Balaban J connectivity index is 0.000000362. The zero-order chi connectivity index (χ0) is 42.7. The first-order valence-electron chi connectivity index (χ1n) is 21.4. The van der Waals surface area contributed by atoms with Crippen LogP contribution in [0.4, 0.5) is 0 Å². The van der Waals surface area contributed by atoms with Crippen molar-refractivity contribution < 1.29 is 8.83 Å². The van der Waals surface area contributed by atoms with Gasteiger partial charge in [-0.25, -0.2) is 0 Å². The van der Waals surface area contributed by atoms with Crippen LogP contribution in [-0.4, -0.2) is 64.5 Å². The van der Waals surface area contributed by atoms with E-state index in [2.05, 4.69) is 129 Å². The minimum Gasteiger partial charge on any atom is -0.456 e. The summed E-state index contributed by atoms with van der Waals surface area (Å²) in [4.78, 5) is 5.21. The zero-order valence-corrected chi connectivity index (χ0v) is 41.2. The molecule has 6 aromatic rings. The van der Waals surface area contributed by atoms with Gasteiger partial charge in [0, 0.05) is 34.6 Å². The molecule has 6 rings (SSSR count). The van der Waals surface area contributed by atoms with Gasteiger partial charge in [-0.1, -0.05) is 195 Å². The fraction of sp³-hybridized carbons (Fsp3) is 0.520. The first kappa shape index (κ1) is 50.9. The molecule has 0 saturated heterocycles. The van der Waals surface area contributed by atoms with E-state index in [9.17, 15) is 0 Å². The molecule has 0 unspecified atom stereocenters. The maximum Gasteiger partial charge on any atom is 0.135 e. The summed E-state index contributed by atoms with van der Waals surface area (Å²) in [6.07, 6.45) is 2.67. The minimum atomic E-state index is -0.915. The largest absolute Gasteiger partial charge is 0.456 e. The van der Waals surface area contributed by atoms with Gasteiger partial charge in [0.15, 0.2) is 0 Å². The Hall–Kier alpha value is -3.17. The molecule has 4 aromatic carbocycles. The molecule has 0 radical (unpaired) electrons. The van der Waals surface area contributed by atoms with Crippen molar-refractivity contribution in [3.8, 4) is 0 Å². The van der Waals surface area contributed by atoms with Crippen LogP contribution in [-0.2, 0) is 0 Å². The highest BCUT2D eigenvalue weighted by Gasteiger charge is 2.22. The van der Waals surface area contributed by atoms with E-state index in [1.807, 2.05) is 100 Å². The van der Waals surface area contributed by atoms with Gasteiger partial charge in [0.05, 0.1) is 16.1 Å². The van der Waals surface area contributed by atoms with E-state index in [1.54, 1.807) is 0 Å². The Morgan fingerprint density at radius 3 is 0.804 bits per heavy atom. The van der Waals surface area contributed by atoms with Crippen molar-refractivity contribution in [1.29, 1.82) is 0 Å². The number of para-hydroxylation sites is 4. The molecule has 312 valence electrons. The molecular weight excluding hydrogens is 717 g/mol. The van der Waals surface area contributed by atoms with Crippen LogP contribution in [0, 0.1) is 10.8 Å². The molecule has 0 spiro atoms. The van der Waals surface area contributed by atoms with E-state index in [-0.39, 0.29) is 0 Å². The molecule has 56 heavy (non-hydrogen) atoms. The van der Waals surface area contributed by atoms with Crippen molar-refractivity contribution in [3.05, 3.63) is 97.1 Å². The normalized spacial score (nSPS) is 11.8. The molecule has 2 heterocycles. The Bertz CT molecular complexity index is 1660. The maximum atomic E-state index is 5.65. The van der Waals surface area contributed by atoms with Crippen molar-refractivity contribution in [2.24, 2.45) is 10.8 Å². The summed E-state index contributed by atoms with van der Waals surface area (Å²) in [6, 6.07) is 32.4. The van der Waals surface area contributed by atoms with Crippen LogP contribution in [0.15, 0.2) is 106 Å². The third-order valence-corrected chi connectivity index (χ3v) is 11.0. The average Bonchev–Trinajstić information content (AvgIpc) is 3.70. The lowest BCUT2D eigenvalue weighted by Gasteiger charge is -2.33. The lowest BCUT2D eigenvalue weighted by atomic mass is 9.96. The van der Waals surface area contributed by atoms with Crippen LogP contribution < -0.4 is 0 Å². The molecule has 0 aliphatic carbocycles. The predicted octanol–water partition coefficient (Wildman–Crippen LogP) is 15.7. The summed E-state index contributed by atoms with van der Waals surface area (Å²) in [7, 11) is -1.83. The second kappa shape index (κ2) is 23.9. The molecule has 0 amide bonds. The van der Waals surface area contributed by atoms with Crippen molar-refractivity contribution in [2.75, 3.05) is 38.5 Å². The molecular formula is C50H82N2O2Si2. The smallest absolute Gasteiger partial charge is 0.135 e. The molecule has 4 nitrogen and oxygen atoms in total. The number of hydrogen-bond acceptors (Lipinski definition) is 4. The quantitative estimate of drug-likeness (QED) is 0.144. The number of rotatable bonds is 8. The van der Waals surface area contributed by atoms with Gasteiger partial charge in [-0.05, 0) is 60.5 Å². The molecule has 0 aliphatic heterocycles. The molecule has 0 aliphatic rings. The highest BCUT2D eigenvalue weighted by Crippen LogP contribution is 2.28. The van der Waals surface area contributed by atoms with E-state index < -0.39 is 16.1 Å². The third kappa shape index (κ3) is 19.3. The Morgan fingerprint density at radius 1 is 0.411 bits per heavy atom. The molecule has 0 fully saturated rings. The van der Waals surface area contributed by atoms with Crippen molar-refractivity contribution in [3.63, 3.8) is 0 Å². The standard InChI is InChI=1S/2C12H8O.2C11H27NSi.2C2H6/c2*1-3-7-11-9(5-1)10-6-2-4-8-12(10)13-11;2*1-8-12(9-11(2,3)4)10-13(5,6)7;2*1-2/h2*1-8H;2*8-10H2,1-7H3;2*1-2H3. The van der Waals surface area contributed by atoms with Gasteiger partial charge in [-0.2, -0.15) is 0 Å². The van der Waals surface area contributed by atoms with Gasteiger partial charge < -0.3 is 18.6 Å². The average molecular weight is 799 g/mol. The minimum absolute atomic E-state index is 0.440. The molecule has 6 heteroatoms. The fourth-order valence-corrected chi connectivity index (χ4v) is 9.95. The number of fused-ring (bicyclic) bond motifs is 6. The summed E-state index contributed by atoms with van der Waals surface area (Å²) in [6.45, 7) is 46.0. The highest BCUT2D eigenvalue weighted by molar-refractivity contribution is 6.76. The van der Waals surface area contributed by atoms with Gasteiger partial charge >= 0.3 is 0 Å². The summed E-state index contributed by atoms with van der Waals surface area (Å²) in [5.74, 6) is 0. The first-order valence-corrected chi connectivity index (χ1v) is 28.8. The number of benzene rings is 4. The lowest BCUT2D eigenvalue weighted by Crippen LogP contribution is -2.43. The van der Waals surface area contributed by atoms with Crippen LogP contribution in [0.25, 0.3) is 43.9 Å². The van der Waals surface area contributed by atoms with E-state index >= 15 is 0 Å². The SMILES string of the molecule is CC.CC.CCN(CC(C)(C)C)C[Si](C)(C)C.CCN(CC(C)(C)C)C[Si](C)(C)C.c1ccc2c(c1)oc1ccccc12.c1ccc2c(c1)oc1ccccc12. The van der Waals surface area contributed by atoms with Gasteiger partial charge in [0.2, 0.25) is 0 Å². The second-order valence-corrected chi connectivity index (χ2v) is 29.9. The van der Waals surface area contributed by atoms with Crippen molar-refractivity contribution in [1.82, 2.24) is 9.80 Å². The molecule has 0 atom stereocenters. The topological polar surface area (TPSA) is 32.8 Å². The zero-order valence-electron chi connectivity index (χ0n) is 39.2. The molecule has 0 saturated carbocycles. The van der Waals surface area contributed by atoms with E-state index in [1.165, 1.54) is 60.1 Å². The Kier molecular flexibility index (Phi) is 21.7. The van der Waals surface area contributed by atoms with Crippen LogP contribution in [0.1, 0.15) is 83.1 Å². The molecule has 0 bridgehead atoms. The number of nitrogens with zero attached hydrogens (tertiary/aromatic N) is 2. The summed E-state index contributed by atoms with van der Waals surface area (Å²) in [5, 5.41) is 4.77. The Morgan fingerprint density at radius 2 is 0.625 bits per heavy atom. The van der Waals surface area contributed by atoms with Crippen molar-refractivity contribution in [2.45, 2.75) is 122 Å². The highest BCUT2D eigenvalue weighted by atomic mass is 28.3. The van der Waals surface area contributed by atoms with E-state index in [0.717, 1.165) is 22.3 Å². The molecule has 0 N–H and O–H groups in total. The van der Waals surface area contributed by atoms with Crippen molar-refractivity contribution >= 4 is 60.0 Å². The maximum absolute atomic E-state index is 5.65. The van der Waals surface area contributed by atoms with Gasteiger partial charge in [-0.15, -0.1) is 0 Å². The third-order valence-electron chi connectivity index (χ3n) is 8.25. The summed E-state index contributed by atoms with van der Waals surface area (Å²) in [5.41, 5.74) is 4.73.